The van der Waals surface area contributed by atoms with Crippen molar-refractivity contribution in [3.8, 4) is 0 Å². The monoisotopic (exact) mass is 383 g/mol. The largest absolute Gasteiger partial charge is 0.420 e. The predicted octanol–water partition coefficient (Wildman–Crippen LogP) is 6.83. The summed E-state index contributed by atoms with van der Waals surface area (Å²) in [5.74, 6) is 0. The first kappa shape index (κ1) is 21.2. The molecule has 0 radical (unpaired) electrons. The molecule has 2 rings (SSSR count). The van der Waals surface area contributed by atoms with E-state index < -0.39 is 39.7 Å². The molecule has 0 aromatic rings. The number of hydrogen-bond donors (Lipinski definition) is 0. The topological polar surface area (TPSA) is 3.24 Å². The highest BCUT2D eigenvalue weighted by Crippen LogP contribution is 2.74. The zero-order valence-electron chi connectivity index (χ0n) is 16.7. The third-order valence-electron chi connectivity index (χ3n) is 4.84. The normalized spacial score (nSPS) is 25.3. The first-order valence-corrected chi connectivity index (χ1v) is 8.55. The van der Waals surface area contributed by atoms with Crippen molar-refractivity contribution in [3.63, 3.8) is 0 Å². The average molecular weight is 383 g/mol. The van der Waals surface area contributed by atoms with Crippen molar-refractivity contribution in [1.29, 1.82) is 0 Å². The smallest absolute Gasteiger partial charge is 0.325 e. The number of alkyl halides is 6. The molecule has 0 amide bonds. The van der Waals surface area contributed by atoms with Crippen LogP contribution in [0.15, 0.2) is 22.5 Å². The predicted molar refractivity (Wildman–Crippen MR) is 89.1 cm³/mol. The van der Waals surface area contributed by atoms with Gasteiger partial charge in [-0.05, 0) is 11.0 Å². The number of halogens is 6. The molecule has 0 fully saturated rings. The summed E-state index contributed by atoms with van der Waals surface area (Å²) in [4.78, 5) is 0.927. The van der Waals surface area contributed by atoms with E-state index in [1.165, 1.54) is 20.8 Å². The lowest BCUT2D eigenvalue weighted by atomic mass is 9.52. The summed E-state index contributed by atoms with van der Waals surface area (Å²) in [5, 5.41) is 0. The third-order valence-corrected chi connectivity index (χ3v) is 4.84. The zero-order valence-corrected chi connectivity index (χ0v) is 16.7. The molecule has 0 aromatic heterocycles. The second-order valence-corrected chi connectivity index (χ2v) is 10.2. The van der Waals surface area contributed by atoms with Gasteiger partial charge in [-0.15, -0.1) is 0 Å². The Hall–Kier alpha value is -1.14. The lowest BCUT2D eigenvalue weighted by Gasteiger charge is -2.71. The number of rotatable bonds is 0. The molecule has 2 aliphatic rings. The van der Waals surface area contributed by atoms with Gasteiger partial charge in [0.15, 0.2) is 5.54 Å². The lowest BCUT2D eigenvalue weighted by Crippen LogP contribution is -2.79. The fraction of sp³-hybridized carbons (Fsp3) is 0.789. The maximum Gasteiger partial charge on any atom is 0.420 e. The van der Waals surface area contributed by atoms with Crippen LogP contribution in [0.3, 0.4) is 0 Å². The number of hydrogen-bond acceptors (Lipinski definition) is 1. The van der Waals surface area contributed by atoms with E-state index in [-0.39, 0.29) is 11.3 Å². The second kappa shape index (κ2) is 5.02. The summed E-state index contributed by atoms with van der Waals surface area (Å²) in [6.45, 7) is 14.4. The molecule has 0 bridgehead atoms. The van der Waals surface area contributed by atoms with Crippen LogP contribution < -0.4 is 0 Å². The molecule has 0 spiro atoms. The summed E-state index contributed by atoms with van der Waals surface area (Å²) in [7, 11) is 0. The standard InChI is InChI=1S/C19H27F6N/c1-14(2,3)10-12(15(4,5)6)26-13(16(7,8)9)11(18(20,21)22)17(10,26)19(23,24)25/h1-9H3. The zero-order chi connectivity index (χ0) is 20.9. The van der Waals surface area contributed by atoms with Crippen molar-refractivity contribution in [1.82, 2.24) is 4.90 Å². The van der Waals surface area contributed by atoms with Crippen LogP contribution in [0, 0.1) is 16.2 Å². The highest BCUT2D eigenvalue weighted by molar-refractivity contribution is 5.66. The molecule has 0 saturated heterocycles. The summed E-state index contributed by atoms with van der Waals surface area (Å²) in [5.41, 5.74) is -7.48. The van der Waals surface area contributed by atoms with E-state index in [1.807, 2.05) is 0 Å². The molecular formula is C19H27F6N. The van der Waals surface area contributed by atoms with Gasteiger partial charge < -0.3 is 4.90 Å². The van der Waals surface area contributed by atoms with Crippen molar-refractivity contribution in [2.24, 2.45) is 16.2 Å². The van der Waals surface area contributed by atoms with Crippen molar-refractivity contribution in [2.45, 2.75) is 80.2 Å². The van der Waals surface area contributed by atoms with Gasteiger partial charge in [0.05, 0.1) is 5.57 Å². The number of fused-ring (bicyclic) bond motifs is 1. The van der Waals surface area contributed by atoms with E-state index in [4.69, 9.17) is 0 Å². The molecule has 2 heterocycles. The van der Waals surface area contributed by atoms with Crippen LogP contribution in [0.1, 0.15) is 62.3 Å². The molecule has 1 unspecified atom stereocenters. The summed E-state index contributed by atoms with van der Waals surface area (Å²) < 4.78 is 84.5. The first-order chi connectivity index (χ1) is 11.1. The van der Waals surface area contributed by atoms with Gasteiger partial charge in [-0.3, -0.25) is 0 Å². The van der Waals surface area contributed by atoms with Gasteiger partial charge in [-0.2, -0.15) is 26.3 Å². The Labute approximate surface area is 151 Å². The van der Waals surface area contributed by atoms with Crippen LogP contribution in [0.5, 0.6) is 0 Å². The van der Waals surface area contributed by atoms with Crippen LogP contribution in [0.25, 0.3) is 0 Å². The molecule has 0 N–H and O–H groups in total. The van der Waals surface area contributed by atoms with E-state index in [2.05, 4.69) is 0 Å². The van der Waals surface area contributed by atoms with Crippen molar-refractivity contribution in [2.75, 3.05) is 0 Å². The van der Waals surface area contributed by atoms with Crippen LogP contribution in [0.2, 0.25) is 0 Å². The van der Waals surface area contributed by atoms with Crippen molar-refractivity contribution >= 4 is 0 Å². The second-order valence-electron chi connectivity index (χ2n) is 10.2. The Kier molecular flexibility index (Phi) is 4.08. The van der Waals surface area contributed by atoms with Gasteiger partial charge in [0, 0.05) is 22.2 Å². The minimum absolute atomic E-state index is 0.176. The van der Waals surface area contributed by atoms with Crippen LogP contribution in [-0.4, -0.2) is 22.8 Å². The van der Waals surface area contributed by atoms with Crippen molar-refractivity contribution < 1.29 is 26.3 Å². The van der Waals surface area contributed by atoms with Gasteiger partial charge in [0.2, 0.25) is 0 Å². The highest BCUT2D eigenvalue weighted by atomic mass is 19.4. The van der Waals surface area contributed by atoms with Crippen LogP contribution in [0.4, 0.5) is 26.3 Å². The van der Waals surface area contributed by atoms with Gasteiger partial charge >= 0.3 is 12.4 Å². The number of allylic oxidation sites excluding steroid dienone is 2. The molecule has 7 heteroatoms. The SMILES string of the molecule is CC(C)(C)C1=C(C(C)(C)C)C2(C(F)(F)F)C(C(F)(F)F)=C(C(C)(C)C)N12. The van der Waals surface area contributed by atoms with Crippen LogP contribution in [-0.2, 0) is 0 Å². The molecule has 26 heavy (non-hydrogen) atoms. The molecule has 0 saturated carbocycles. The first-order valence-electron chi connectivity index (χ1n) is 8.55. The van der Waals surface area contributed by atoms with E-state index in [1.54, 1.807) is 41.5 Å². The third kappa shape index (κ3) is 2.52. The fourth-order valence-corrected chi connectivity index (χ4v) is 4.32. The van der Waals surface area contributed by atoms with Gasteiger partial charge in [0.1, 0.15) is 0 Å². The fourth-order valence-electron chi connectivity index (χ4n) is 4.32. The molecular weight excluding hydrogens is 356 g/mol. The molecule has 0 aliphatic carbocycles. The molecule has 1 atom stereocenters. The minimum Gasteiger partial charge on any atom is -0.325 e. The highest BCUT2D eigenvalue weighted by Gasteiger charge is 2.83. The molecule has 0 aromatic carbocycles. The maximum atomic E-state index is 14.3. The lowest BCUT2D eigenvalue weighted by molar-refractivity contribution is -0.256. The van der Waals surface area contributed by atoms with E-state index in [0.717, 1.165) is 4.90 Å². The summed E-state index contributed by atoms with van der Waals surface area (Å²) >= 11 is 0. The summed E-state index contributed by atoms with van der Waals surface area (Å²) in [6, 6.07) is 0. The molecule has 1 nitrogen and oxygen atoms in total. The van der Waals surface area contributed by atoms with Crippen molar-refractivity contribution in [3.05, 3.63) is 22.5 Å². The van der Waals surface area contributed by atoms with E-state index in [0.29, 0.717) is 5.70 Å². The minimum atomic E-state index is -5.07. The number of nitrogens with zero attached hydrogens (tertiary/aromatic N) is 1. The Morgan fingerprint density at radius 2 is 0.923 bits per heavy atom. The van der Waals surface area contributed by atoms with E-state index >= 15 is 0 Å². The summed E-state index contributed by atoms with van der Waals surface area (Å²) in [6.07, 6.45) is -10.1. The molecule has 150 valence electrons. The Morgan fingerprint density at radius 3 is 1.15 bits per heavy atom. The average Bonchev–Trinajstić information content (AvgIpc) is 2.21. The Balaban J connectivity index is 2.98. The van der Waals surface area contributed by atoms with Gasteiger partial charge in [0.25, 0.3) is 0 Å². The maximum absolute atomic E-state index is 14.3. The Bertz CT molecular complexity index is 634. The van der Waals surface area contributed by atoms with E-state index in [9.17, 15) is 26.3 Å². The quantitative estimate of drug-likeness (QED) is 0.415. The van der Waals surface area contributed by atoms with Gasteiger partial charge in [-0.1, -0.05) is 62.3 Å². The van der Waals surface area contributed by atoms with Gasteiger partial charge in [-0.25, -0.2) is 0 Å². The van der Waals surface area contributed by atoms with Crippen LogP contribution >= 0.6 is 0 Å². The molecule has 2 aliphatic heterocycles. The Morgan fingerprint density at radius 1 is 0.577 bits per heavy atom.